The van der Waals surface area contributed by atoms with E-state index in [1.54, 1.807) is 12.1 Å². The Kier molecular flexibility index (Phi) is 3.57. The summed E-state index contributed by atoms with van der Waals surface area (Å²) in [5.74, 6) is 0.651. The predicted molar refractivity (Wildman–Crippen MR) is 77.6 cm³/mol. The number of nitriles is 1. The van der Waals surface area contributed by atoms with Gasteiger partial charge >= 0.3 is 0 Å². The number of para-hydroxylation sites is 1. The molecule has 3 rings (SSSR count). The van der Waals surface area contributed by atoms with Crippen molar-refractivity contribution in [3.63, 3.8) is 0 Å². The molecule has 1 aliphatic rings. The Bertz CT molecular complexity index is 694. The number of carbonyl (C=O) groups excluding carboxylic acids is 1. The standard InChI is InChI=1S/C17H14N2O2/c18-10-12-4-3-5-13(8-12)11-19-17(20)16-9-14-6-1-2-7-15(14)21-16/h1-8,16H,9,11H2,(H,19,20). The molecule has 1 heterocycles. The van der Waals surface area contributed by atoms with Gasteiger partial charge < -0.3 is 10.1 Å². The first-order chi connectivity index (χ1) is 10.3. The van der Waals surface area contributed by atoms with Crippen molar-refractivity contribution in [2.24, 2.45) is 0 Å². The maximum absolute atomic E-state index is 12.1. The van der Waals surface area contributed by atoms with Gasteiger partial charge in [0.1, 0.15) is 5.75 Å². The van der Waals surface area contributed by atoms with Crippen molar-refractivity contribution in [1.29, 1.82) is 5.26 Å². The summed E-state index contributed by atoms with van der Waals surface area (Å²) in [6, 6.07) is 17.0. The lowest BCUT2D eigenvalue weighted by molar-refractivity contribution is -0.127. The van der Waals surface area contributed by atoms with Gasteiger partial charge in [-0.1, -0.05) is 30.3 Å². The summed E-state index contributed by atoms with van der Waals surface area (Å²) < 4.78 is 5.64. The van der Waals surface area contributed by atoms with Crippen LogP contribution >= 0.6 is 0 Å². The molecule has 4 heteroatoms. The molecular weight excluding hydrogens is 264 g/mol. The summed E-state index contributed by atoms with van der Waals surface area (Å²) in [6.45, 7) is 0.393. The molecular formula is C17H14N2O2. The van der Waals surface area contributed by atoms with Crippen LogP contribution < -0.4 is 10.1 Å². The number of nitrogens with one attached hydrogen (secondary N) is 1. The Morgan fingerprint density at radius 3 is 2.95 bits per heavy atom. The number of rotatable bonds is 3. The van der Waals surface area contributed by atoms with E-state index in [1.165, 1.54) is 0 Å². The van der Waals surface area contributed by atoms with Gasteiger partial charge in [-0.25, -0.2) is 0 Å². The van der Waals surface area contributed by atoms with Crippen LogP contribution in [0.3, 0.4) is 0 Å². The molecule has 0 radical (unpaired) electrons. The molecule has 0 bridgehead atoms. The lowest BCUT2D eigenvalue weighted by Crippen LogP contribution is -2.37. The summed E-state index contributed by atoms with van der Waals surface area (Å²) in [7, 11) is 0. The first kappa shape index (κ1) is 13.2. The second-order valence-electron chi connectivity index (χ2n) is 4.95. The first-order valence-corrected chi connectivity index (χ1v) is 6.77. The first-order valence-electron chi connectivity index (χ1n) is 6.77. The second kappa shape index (κ2) is 5.68. The molecule has 2 aromatic carbocycles. The van der Waals surface area contributed by atoms with Crippen molar-refractivity contribution in [3.05, 3.63) is 65.2 Å². The number of amides is 1. The van der Waals surface area contributed by atoms with E-state index >= 15 is 0 Å². The maximum atomic E-state index is 12.1. The van der Waals surface area contributed by atoms with E-state index in [9.17, 15) is 4.79 Å². The third-order valence-electron chi connectivity index (χ3n) is 3.46. The van der Waals surface area contributed by atoms with Gasteiger partial charge in [-0.3, -0.25) is 4.79 Å². The minimum atomic E-state index is -0.471. The van der Waals surface area contributed by atoms with Crippen LogP contribution in [0.1, 0.15) is 16.7 Å². The zero-order valence-electron chi connectivity index (χ0n) is 11.4. The largest absolute Gasteiger partial charge is 0.480 e. The molecule has 4 nitrogen and oxygen atoms in total. The summed E-state index contributed by atoms with van der Waals surface area (Å²) in [4.78, 5) is 12.1. The molecule has 21 heavy (non-hydrogen) atoms. The third-order valence-corrected chi connectivity index (χ3v) is 3.46. The van der Waals surface area contributed by atoms with Crippen molar-refractivity contribution in [1.82, 2.24) is 5.32 Å². The van der Waals surface area contributed by atoms with Gasteiger partial charge in [0.25, 0.3) is 5.91 Å². The monoisotopic (exact) mass is 278 g/mol. The van der Waals surface area contributed by atoms with Crippen LogP contribution in [0, 0.1) is 11.3 Å². The van der Waals surface area contributed by atoms with Crippen molar-refractivity contribution < 1.29 is 9.53 Å². The van der Waals surface area contributed by atoms with Crippen LogP contribution in [0.5, 0.6) is 5.75 Å². The van der Waals surface area contributed by atoms with E-state index in [1.807, 2.05) is 36.4 Å². The van der Waals surface area contributed by atoms with E-state index in [4.69, 9.17) is 10.00 Å². The Morgan fingerprint density at radius 2 is 2.14 bits per heavy atom. The average molecular weight is 278 g/mol. The van der Waals surface area contributed by atoms with Gasteiger partial charge in [0.2, 0.25) is 0 Å². The molecule has 0 saturated heterocycles. The Labute approximate surface area is 123 Å². The fourth-order valence-corrected chi connectivity index (χ4v) is 2.38. The molecule has 0 aliphatic carbocycles. The quantitative estimate of drug-likeness (QED) is 0.936. The lowest BCUT2D eigenvalue weighted by Gasteiger charge is -2.11. The molecule has 1 aliphatic heterocycles. The smallest absolute Gasteiger partial charge is 0.261 e. The number of hydrogen-bond acceptors (Lipinski definition) is 3. The zero-order chi connectivity index (χ0) is 14.7. The van der Waals surface area contributed by atoms with E-state index in [-0.39, 0.29) is 5.91 Å². The predicted octanol–water partition coefficient (Wildman–Crippen LogP) is 2.18. The Balaban J connectivity index is 1.60. The van der Waals surface area contributed by atoms with Gasteiger partial charge in [-0.05, 0) is 29.3 Å². The highest BCUT2D eigenvalue weighted by Gasteiger charge is 2.28. The van der Waals surface area contributed by atoms with Crippen LogP contribution in [0.2, 0.25) is 0 Å². The summed E-state index contributed by atoms with van der Waals surface area (Å²) >= 11 is 0. The number of hydrogen-bond donors (Lipinski definition) is 1. The third kappa shape index (κ3) is 2.87. The van der Waals surface area contributed by atoms with Crippen LogP contribution in [0.25, 0.3) is 0 Å². The van der Waals surface area contributed by atoms with Crippen molar-refractivity contribution in [2.75, 3.05) is 0 Å². The average Bonchev–Trinajstić information content (AvgIpc) is 2.97. The van der Waals surface area contributed by atoms with E-state index in [0.29, 0.717) is 18.5 Å². The van der Waals surface area contributed by atoms with Gasteiger partial charge in [0, 0.05) is 13.0 Å². The van der Waals surface area contributed by atoms with Crippen LogP contribution in [-0.4, -0.2) is 12.0 Å². The van der Waals surface area contributed by atoms with E-state index in [0.717, 1.165) is 16.9 Å². The molecule has 0 aromatic heterocycles. The molecule has 2 aromatic rings. The molecule has 0 spiro atoms. The highest BCUT2D eigenvalue weighted by atomic mass is 16.5. The molecule has 104 valence electrons. The Hall–Kier alpha value is -2.80. The topological polar surface area (TPSA) is 62.1 Å². The number of ether oxygens (including phenoxy) is 1. The van der Waals surface area contributed by atoms with E-state index in [2.05, 4.69) is 11.4 Å². The lowest BCUT2D eigenvalue weighted by atomic mass is 10.1. The van der Waals surface area contributed by atoms with Crippen molar-refractivity contribution in [2.45, 2.75) is 19.1 Å². The molecule has 1 unspecified atom stereocenters. The minimum absolute atomic E-state index is 0.131. The molecule has 0 fully saturated rings. The maximum Gasteiger partial charge on any atom is 0.261 e. The highest BCUT2D eigenvalue weighted by molar-refractivity contribution is 5.82. The zero-order valence-corrected chi connectivity index (χ0v) is 11.4. The Morgan fingerprint density at radius 1 is 1.29 bits per heavy atom. The minimum Gasteiger partial charge on any atom is -0.480 e. The molecule has 1 amide bonds. The number of nitrogens with zero attached hydrogens (tertiary/aromatic N) is 1. The number of fused-ring (bicyclic) bond motifs is 1. The molecule has 0 saturated carbocycles. The van der Waals surface area contributed by atoms with Crippen LogP contribution in [-0.2, 0) is 17.8 Å². The van der Waals surface area contributed by atoms with Gasteiger partial charge in [-0.15, -0.1) is 0 Å². The summed E-state index contributed by atoms with van der Waals surface area (Å²) in [6.07, 6.45) is 0.127. The van der Waals surface area contributed by atoms with Gasteiger partial charge in [-0.2, -0.15) is 5.26 Å². The van der Waals surface area contributed by atoms with Gasteiger partial charge in [0.05, 0.1) is 11.6 Å². The summed E-state index contributed by atoms with van der Waals surface area (Å²) in [5.41, 5.74) is 2.55. The fraction of sp³-hybridized carbons (Fsp3) is 0.176. The fourth-order valence-electron chi connectivity index (χ4n) is 2.38. The van der Waals surface area contributed by atoms with E-state index < -0.39 is 6.10 Å². The second-order valence-corrected chi connectivity index (χ2v) is 4.95. The number of benzene rings is 2. The SMILES string of the molecule is N#Cc1cccc(CNC(=O)C2Cc3ccccc3O2)c1. The van der Waals surface area contributed by atoms with Crippen LogP contribution in [0.4, 0.5) is 0 Å². The van der Waals surface area contributed by atoms with Gasteiger partial charge in [0.15, 0.2) is 6.10 Å². The van der Waals surface area contributed by atoms with Crippen molar-refractivity contribution in [3.8, 4) is 11.8 Å². The molecule has 1 atom stereocenters. The number of carbonyl (C=O) groups is 1. The molecule has 1 N–H and O–H groups in total. The highest BCUT2D eigenvalue weighted by Crippen LogP contribution is 2.28. The normalized spacial score (nSPS) is 15.7. The summed E-state index contributed by atoms with van der Waals surface area (Å²) in [5, 5.41) is 11.7. The van der Waals surface area contributed by atoms with Crippen LogP contribution in [0.15, 0.2) is 48.5 Å². The van der Waals surface area contributed by atoms with Crippen molar-refractivity contribution >= 4 is 5.91 Å².